The van der Waals surface area contributed by atoms with Crippen LogP contribution >= 0.6 is 0 Å². The maximum atomic E-state index is 11.7. The summed E-state index contributed by atoms with van der Waals surface area (Å²) in [5.41, 5.74) is 0. The number of rotatable bonds is 9. The molecule has 0 spiro atoms. The maximum Gasteiger partial charge on any atom is 0.315 e. The van der Waals surface area contributed by atoms with Crippen LogP contribution in [-0.4, -0.2) is 29.7 Å². The van der Waals surface area contributed by atoms with E-state index in [2.05, 4.69) is 24.5 Å². The van der Waals surface area contributed by atoms with Crippen LogP contribution < -0.4 is 10.6 Å². The molecule has 5 heteroatoms. The predicted octanol–water partition coefficient (Wildman–Crippen LogP) is 2.76. The molecule has 2 unspecified atom stereocenters. The lowest BCUT2D eigenvalue weighted by Crippen LogP contribution is -2.46. The van der Waals surface area contributed by atoms with E-state index in [1.807, 2.05) is 0 Å². The summed E-state index contributed by atoms with van der Waals surface area (Å²) < 4.78 is 0. The average Bonchev–Trinajstić information content (AvgIpc) is 2.30. The zero-order valence-electron chi connectivity index (χ0n) is 12.7. The first-order valence-electron chi connectivity index (χ1n) is 7.79. The Labute approximate surface area is 121 Å². The van der Waals surface area contributed by atoms with Crippen molar-refractivity contribution in [2.45, 2.75) is 64.8 Å². The third kappa shape index (κ3) is 6.26. The van der Waals surface area contributed by atoms with Crippen molar-refractivity contribution in [3.63, 3.8) is 0 Å². The number of hydrogen-bond acceptors (Lipinski definition) is 2. The van der Waals surface area contributed by atoms with Crippen LogP contribution in [0.2, 0.25) is 0 Å². The first-order chi connectivity index (χ1) is 9.52. The summed E-state index contributed by atoms with van der Waals surface area (Å²) in [7, 11) is 0. The van der Waals surface area contributed by atoms with E-state index in [0.717, 1.165) is 12.8 Å². The van der Waals surface area contributed by atoms with Gasteiger partial charge in [0.1, 0.15) is 0 Å². The Kier molecular flexibility index (Phi) is 7.41. The lowest BCUT2D eigenvalue weighted by molar-refractivity contribution is -0.137. The Bertz CT molecular complexity index is 316. The van der Waals surface area contributed by atoms with Crippen LogP contribution in [0.4, 0.5) is 4.79 Å². The second kappa shape index (κ2) is 8.82. The Morgan fingerprint density at radius 1 is 1.30 bits per heavy atom. The molecule has 1 aliphatic carbocycles. The quantitative estimate of drug-likeness (QED) is 0.609. The van der Waals surface area contributed by atoms with Gasteiger partial charge in [-0.1, -0.05) is 19.8 Å². The lowest BCUT2D eigenvalue weighted by Gasteiger charge is -2.31. The number of hydrogen-bond donors (Lipinski definition) is 3. The Balaban J connectivity index is 2.11. The molecule has 0 aromatic heterocycles. The molecule has 2 atom stereocenters. The van der Waals surface area contributed by atoms with E-state index in [-0.39, 0.29) is 18.5 Å². The first kappa shape index (κ1) is 16.8. The first-order valence-corrected chi connectivity index (χ1v) is 7.79. The van der Waals surface area contributed by atoms with Crippen molar-refractivity contribution in [2.75, 3.05) is 6.54 Å². The van der Waals surface area contributed by atoms with Crippen LogP contribution in [0.3, 0.4) is 0 Å². The SMILES string of the molecule is CCC(CCNC(=O)NC(C)C1CCC1)CCC(=O)O. The summed E-state index contributed by atoms with van der Waals surface area (Å²) in [4.78, 5) is 22.3. The van der Waals surface area contributed by atoms with E-state index in [4.69, 9.17) is 5.11 Å². The standard InChI is InChI=1S/C15H28N2O3/c1-3-12(7-8-14(18)19)9-10-16-15(20)17-11(2)13-5-4-6-13/h11-13H,3-10H2,1-2H3,(H,18,19)(H2,16,17,20). The molecule has 2 amide bonds. The number of amides is 2. The van der Waals surface area contributed by atoms with Gasteiger partial charge in [0, 0.05) is 19.0 Å². The molecular weight excluding hydrogens is 256 g/mol. The molecule has 0 bridgehead atoms. The van der Waals surface area contributed by atoms with Crippen molar-refractivity contribution in [3.05, 3.63) is 0 Å². The second-order valence-corrected chi connectivity index (χ2v) is 5.88. The number of aliphatic carboxylic acids is 1. The lowest BCUT2D eigenvalue weighted by atomic mass is 9.80. The van der Waals surface area contributed by atoms with Gasteiger partial charge >= 0.3 is 12.0 Å². The molecule has 116 valence electrons. The Morgan fingerprint density at radius 3 is 2.50 bits per heavy atom. The van der Waals surface area contributed by atoms with Gasteiger partial charge in [0.25, 0.3) is 0 Å². The smallest absolute Gasteiger partial charge is 0.315 e. The van der Waals surface area contributed by atoms with Crippen LogP contribution in [0.15, 0.2) is 0 Å². The van der Waals surface area contributed by atoms with Crippen molar-refractivity contribution in [1.82, 2.24) is 10.6 Å². The van der Waals surface area contributed by atoms with E-state index in [0.29, 0.717) is 24.8 Å². The maximum absolute atomic E-state index is 11.7. The molecule has 1 fully saturated rings. The molecule has 0 radical (unpaired) electrons. The number of carboxylic acids is 1. The van der Waals surface area contributed by atoms with Crippen LogP contribution in [0.25, 0.3) is 0 Å². The summed E-state index contributed by atoms with van der Waals surface area (Å²) in [5.74, 6) is 0.263. The van der Waals surface area contributed by atoms with Crippen molar-refractivity contribution in [3.8, 4) is 0 Å². The molecule has 1 saturated carbocycles. The average molecular weight is 284 g/mol. The number of carbonyl (C=O) groups is 2. The van der Waals surface area contributed by atoms with Gasteiger partial charge in [-0.25, -0.2) is 4.79 Å². The van der Waals surface area contributed by atoms with Gasteiger partial charge in [0.05, 0.1) is 0 Å². The summed E-state index contributed by atoms with van der Waals surface area (Å²) in [6.45, 7) is 4.73. The van der Waals surface area contributed by atoms with Crippen LogP contribution in [0, 0.1) is 11.8 Å². The largest absolute Gasteiger partial charge is 0.481 e. The predicted molar refractivity (Wildman–Crippen MR) is 78.6 cm³/mol. The van der Waals surface area contributed by atoms with Gasteiger partial charge < -0.3 is 15.7 Å². The van der Waals surface area contributed by atoms with E-state index in [1.54, 1.807) is 0 Å². The third-order valence-electron chi connectivity index (χ3n) is 4.40. The van der Waals surface area contributed by atoms with Gasteiger partial charge in [-0.15, -0.1) is 0 Å². The molecule has 0 aromatic carbocycles. The number of nitrogens with one attached hydrogen (secondary N) is 2. The topological polar surface area (TPSA) is 78.4 Å². The molecule has 1 aliphatic rings. The van der Waals surface area contributed by atoms with E-state index >= 15 is 0 Å². The zero-order valence-corrected chi connectivity index (χ0v) is 12.7. The van der Waals surface area contributed by atoms with Crippen molar-refractivity contribution >= 4 is 12.0 Å². The molecule has 1 rings (SSSR count). The third-order valence-corrected chi connectivity index (χ3v) is 4.40. The fraction of sp³-hybridized carbons (Fsp3) is 0.867. The second-order valence-electron chi connectivity index (χ2n) is 5.88. The summed E-state index contributed by atoms with van der Waals surface area (Å²) in [6, 6.07) is 0.148. The van der Waals surface area contributed by atoms with Crippen LogP contribution in [0.1, 0.15) is 58.8 Å². The van der Waals surface area contributed by atoms with E-state index in [1.165, 1.54) is 19.3 Å². The summed E-state index contributed by atoms with van der Waals surface area (Å²) in [6.07, 6.45) is 6.41. The number of urea groups is 1. The monoisotopic (exact) mass is 284 g/mol. The van der Waals surface area contributed by atoms with Crippen LogP contribution in [-0.2, 0) is 4.79 Å². The molecule has 5 nitrogen and oxygen atoms in total. The molecule has 20 heavy (non-hydrogen) atoms. The fourth-order valence-corrected chi connectivity index (χ4v) is 2.59. The highest BCUT2D eigenvalue weighted by Crippen LogP contribution is 2.29. The van der Waals surface area contributed by atoms with Gasteiger partial charge in [-0.2, -0.15) is 0 Å². The normalized spacial score (nSPS) is 17.9. The van der Waals surface area contributed by atoms with Crippen molar-refractivity contribution in [2.24, 2.45) is 11.8 Å². The molecule has 0 heterocycles. The Morgan fingerprint density at radius 2 is 2.00 bits per heavy atom. The minimum absolute atomic E-state index is 0.0995. The van der Waals surface area contributed by atoms with Crippen molar-refractivity contribution < 1.29 is 14.7 Å². The zero-order chi connectivity index (χ0) is 15.0. The van der Waals surface area contributed by atoms with Crippen LogP contribution in [0.5, 0.6) is 0 Å². The van der Waals surface area contributed by atoms with Gasteiger partial charge in [-0.05, 0) is 44.4 Å². The molecule has 0 aliphatic heterocycles. The number of carboxylic acid groups (broad SMARTS) is 1. The van der Waals surface area contributed by atoms with Gasteiger partial charge in [0.2, 0.25) is 0 Å². The highest BCUT2D eigenvalue weighted by molar-refractivity contribution is 5.74. The fourth-order valence-electron chi connectivity index (χ4n) is 2.59. The van der Waals surface area contributed by atoms with Crippen molar-refractivity contribution in [1.29, 1.82) is 0 Å². The molecule has 0 aromatic rings. The minimum Gasteiger partial charge on any atom is -0.481 e. The minimum atomic E-state index is -0.747. The number of carbonyl (C=O) groups excluding carboxylic acids is 1. The van der Waals surface area contributed by atoms with Gasteiger partial charge in [-0.3, -0.25) is 4.79 Å². The molecule has 3 N–H and O–H groups in total. The van der Waals surface area contributed by atoms with E-state index in [9.17, 15) is 9.59 Å². The van der Waals surface area contributed by atoms with E-state index < -0.39 is 5.97 Å². The highest BCUT2D eigenvalue weighted by Gasteiger charge is 2.24. The molecule has 0 saturated heterocycles. The summed E-state index contributed by atoms with van der Waals surface area (Å²) in [5, 5.41) is 14.5. The highest BCUT2D eigenvalue weighted by atomic mass is 16.4. The molecular formula is C15H28N2O3. The Hall–Kier alpha value is -1.26. The van der Waals surface area contributed by atoms with Gasteiger partial charge in [0.15, 0.2) is 0 Å². The summed E-state index contributed by atoms with van der Waals surface area (Å²) >= 11 is 0.